The van der Waals surface area contributed by atoms with Crippen LogP contribution < -0.4 is 19.5 Å². The number of halogens is 1. The minimum absolute atomic E-state index is 0.199. The van der Waals surface area contributed by atoms with Crippen LogP contribution in [0.15, 0.2) is 42.6 Å². The lowest BCUT2D eigenvalue weighted by molar-refractivity contribution is -0.118. The quantitative estimate of drug-likeness (QED) is 0.674. The van der Waals surface area contributed by atoms with E-state index in [1.54, 1.807) is 39.5 Å². The molecule has 6 nitrogen and oxygen atoms in total. The molecule has 0 bridgehead atoms. The second-order valence-electron chi connectivity index (χ2n) is 6.00. The minimum Gasteiger partial charge on any atom is -0.497 e. The van der Waals surface area contributed by atoms with Crippen molar-refractivity contribution in [2.75, 3.05) is 26.6 Å². The van der Waals surface area contributed by atoms with E-state index in [-0.39, 0.29) is 5.91 Å². The van der Waals surface area contributed by atoms with Crippen molar-refractivity contribution in [2.45, 2.75) is 13.0 Å². The molecule has 0 aliphatic heterocycles. The summed E-state index contributed by atoms with van der Waals surface area (Å²) in [6.45, 7) is 1.82. The molecule has 0 aliphatic rings. The van der Waals surface area contributed by atoms with Gasteiger partial charge in [0.15, 0.2) is 0 Å². The summed E-state index contributed by atoms with van der Waals surface area (Å²) in [6, 6.07) is 10.2. The molecule has 3 aromatic rings. The zero-order chi connectivity index (χ0) is 19.6. The summed E-state index contributed by atoms with van der Waals surface area (Å²) >= 11 is 6.04. The van der Waals surface area contributed by atoms with Gasteiger partial charge in [0.1, 0.15) is 23.3 Å². The molecular weight excluding hydrogens is 368 g/mol. The van der Waals surface area contributed by atoms with Crippen LogP contribution in [0.3, 0.4) is 0 Å². The third-order valence-electron chi connectivity index (χ3n) is 4.45. The van der Waals surface area contributed by atoms with Crippen molar-refractivity contribution >= 4 is 34.1 Å². The molecule has 0 spiro atoms. The first-order chi connectivity index (χ1) is 13.0. The first kappa shape index (κ1) is 18.9. The Kier molecular flexibility index (Phi) is 5.46. The van der Waals surface area contributed by atoms with Crippen molar-refractivity contribution in [3.63, 3.8) is 0 Å². The van der Waals surface area contributed by atoms with Crippen molar-refractivity contribution in [2.24, 2.45) is 0 Å². The summed E-state index contributed by atoms with van der Waals surface area (Å²) in [4.78, 5) is 12.8. The van der Waals surface area contributed by atoms with Crippen molar-refractivity contribution in [3.05, 3.63) is 47.6 Å². The number of benzene rings is 2. The molecule has 0 fully saturated rings. The van der Waals surface area contributed by atoms with Gasteiger partial charge in [-0.25, -0.2) is 0 Å². The molecule has 0 saturated carbocycles. The second kappa shape index (κ2) is 7.80. The highest BCUT2D eigenvalue weighted by atomic mass is 35.5. The second-order valence-corrected chi connectivity index (χ2v) is 6.43. The number of nitrogens with zero attached hydrogens (tertiary/aromatic N) is 1. The van der Waals surface area contributed by atoms with Gasteiger partial charge in [-0.1, -0.05) is 11.6 Å². The van der Waals surface area contributed by atoms with Crippen LogP contribution in [0.2, 0.25) is 5.02 Å². The fourth-order valence-electron chi connectivity index (χ4n) is 2.97. The van der Waals surface area contributed by atoms with Crippen LogP contribution in [-0.4, -0.2) is 31.8 Å². The van der Waals surface area contributed by atoms with Gasteiger partial charge in [0, 0.05) is 28.7 Å². The van der Waals surface area contributed by atoms with Gasteiger partial charge in [-0.3, -0.25) is 4.79 Å². The molecule has 0 radical (unpaired) electrons. The topological polar surface area (TPSA) is 61.7 Å². The first-order valence-corrected chi connectivity index (χ1v) is 8.73. The van der Waals surface area contributed by atoms with Gasteiger partial charge in [0.2, 0.25) is 5.91 Å². The Morgan fingerprint density at radius 2 is 1.78 bits per heavy atom. The highest BCUT2D eigenvalue weighted by Gasteiger charge is 2.20. The fourth-order valence-corrected chi connectivity index (χ4v) is 3.14. The number of aromatic nitrogens is 1. The zero-order valence-electron chi connectivity index (χ0n) is 15.6. The predicted octanol–water partition coefficient (Wildman–Crippen LogP) is 4.52. The van der Waals surface area contributed by atoms with Gasteiger partial charge < -0.3 is 24.1 Å². The number of fused-ring (bicyclic) bond motifs is 1. The van der Waals surface area contributed by atoms with Crippen molar-refractivity contribution in [3.8, 4) is 17.2 Å². The Morgan fingerprint density at radius 1 is 1.04 bits per heavy atom. The Balaban J connectivity index is 1.95. The summed E-state index contributed by atoms with van der Waals surface area (Å²) in [6.07, 6.45) is 1.85. The molecule has 3 rings (SSSR count). The van der Waals surface area contributed by atoms with Gasteiger partial charge in [-0.2, -0.15) is 0 Å². The lowest BCUT2D eigenvalue weighted by Crippen LogP contribution is -2.23. The lowest BCUT2D eigenvalue weighted by Gasteiger charge is -2.17. The molecule has 2 aromatic carbocycles. The van der Waals surface area contributed by atoms with Crippen molar-refractivity contribution in [1.29, 1.82) is 0 Å². The maximum atomic E-state index is 12.8. The Bertz CT molecular complexity index is 984. The molecule has 0 saturated heterocycles. The molecule has 1 amide bonds. The van der Waals surface area contributed by atoms with E-state index in [1.165, 1.54) is 0 Å². The van der Waals surface area contributed by atoms with Crippen LogP contribution in [0.25, 0.3) is 10.9 Å². The van der Waals surface area contributed by atoms with E-state index >= 15 is 0 Å². The number of methoxy groups -OCH3 is 3. The van der Waals surface area contributed by atoms with Crippen LogP contribution >= 0.6 is 11.6 Å². The molecule has 1 N–H and O–H groups in total. The van der Waals surface area contributed by atoms with Gasteiger partial charge in [-0.05, 0) is 31.2 Å². The molecule has 142 valence electrons. The Labute approximate surface area is 162 Å². The third-order valence-corrected chi connectivity index (χ3v) is 4.68. The lowest BCUT2D eigenvalue weighted by atomic mass is 10.2. The van der Waals surface area contributed by atoms with Crippen LogP contribution in [0.4, 0.5) is 5.69 Å². The monoisotopic (exact) mass is 388 g/mol. The molecule has 27 heavy (non-hydrogen) atoms. The molecule has 1 aromatic heterocycles. The number of amides is 1. The largest absolute Gasteiger partial charge is 0.497 e. The summed E-state index contributed by atoms with van der Waals surface area (Å²) in [5, 5.41) is 4.30. The maximum Gasteiger partial charge on any atom is 0.247 e. The highest BCUT2D eigenvalue weighted by molar-refractivity contribution is 6.31. The summed E-state index contributed by atoms with van der Waals surface area (Å²) in [7, 11) is 4.74. The number of hydrogen-bond acceptors (Lipinski definition) is 4. The normalized spacial score (nSPS) is 11.9. The maximum absolute atomic E-state index is 12.8. The average molecular weight is 389 g/mol. The van der Waals surface area contributed by atoms with E-state index in [2.05, 4.69) is 5.32 Å². The van der Waals surface area contributed by atoms with E-state index in [4.69, 9.17) is 25.8 Å². The fraction of sp³-hybridized carbons (Fsp3) is 0.250. The first-order valence-electron chi connectivity index (χ1n) is 8.35. The minimum atomic E-state index is -0.483. The predicted molar refractivity (Wildman–Crippen MR) is 106 cm³/mol. The van der Waals surface area contributed by atoms with E-state index in [9.17, 15) is 4.79 Å². The van der Waals surface area contributed by atoms with Gasteiger partial charge >= 0.3 is 0 Å². The van der Waals surface area contributed by atoms with E-state index in [0.29, 0.717) is 28.0 Å². The SMILES string of the molecule is COc1cc(OC)c2ccn(C(C)C(=O)Nc3cc(Cl)ccc3OC)c2c1. The van der Waals surface area contributed by atoms with Gasteiger partial charge in [0.25, 0.3) is 0 Å². The van der Waals surface area contributed by atoms with Gasteiger partial charge in [-0.15, -0.1) is 0 Å². The highest BCUT2D eigenvalue weighted by Crippen LogP contribution is 2.34. The van der Waals surface area contributed by atoms with Crippen LogP contribution in [-0.2, 0) is 4.79 Å². The van der Waals surface area contributed by atoms with E-state index in [0.717, 1.165) is 10.9 Å². The zero-order valence-corrected chi connectivity index (χ0v) is 16.3. The standard InChI is InChI=1S/C20H21ClN2O4/c1-12(20(24)22-16-9-13(21)5-6-18(16)26-3)23-8-7-15-17(23)10-14(25-2)11-19(15)27-4/h5-12H,1-4H3,(H,22,24). The third kappa shape index (κ3) is 3.66. The number of carbonyl (C=O) groups is 1. The molecule has 1 atom stereocenters. The number of anilines is 1. The molecule has 1 heterocycles. The van der Waals surface area contributed by atoms with Crippen LogP contribution in [0.1, 0.15) is 13.0 Å². The smallest absolute Gasteiger partial charge is 0.247 e. The van der Waals surface area contributed by atoms with Crippen LogP contribution in [0.5, 0.6) is 17.2 Å². The number of ether oxygens (including phenoxy) is 3. The average Bonchev–Trinajstić information content (AvgIpc) is 3.10. The van der Waals surface area contributed by atoms with E-state index < -0.39 is 6.04 Å². The Hall–Kier alpha value is -2.86. The number of nitrogens with one attached hydrogen (secondary N) is 1. The summed E-state index contributed by atoms with van der Waals surface area (Å²) in [5.41, 5.74) is 1.36. The van der Waals surface area contributed by atoms with Crippen LogP contribution in [0, 0.1) is 0 Å². The summed E-state index contributed by atoms with van der Waals surface area (Å²) in [5.74, 6) is 1.69. The molecule has 7 heteroatoms. The summed E-state index contributed by atoms with van der Waals surface area (Å²) < 4.78 is 17.9. The Morgan fingerprint density at radius 3 is 2.44 bits per heavy atom. The van der Waals surface area contributed by atoms with Gasteiger partial charge in [0.05, 0.1) is 32.5 Å². The molecule has 0 aliphatic carbocycles. The van der Waals surface area contributed by atoms with E-state index in [1.807, 2.05) is 35.9 Å². The number of carbonyl (C=O) groups excluding carboxylic acids is 1. The van der Waals surface area contributed by atoms with Crippen molar-refractivity contribution < 1.29 is 19.0 Å². The number of hydrogen-bond donors (Lipinski definition) is 1. The molecule has 1 unspecified atom stereocenters. The molecular formula is C20H21ClN2O4. The van der Waals surface area contributed by atoms with Crippen molar-refractivity contribution in [1.82, 2.24) is 4.57 Å². The number of rotatable bonds is 6.